The molecule has 0 aliphatic rings. The van der Waals surface area contributed by atoms with Crippen molar-refractivity contribution >= 4 is 22.8 Å². The first-order chi connectivity index (χ1) is 16.7. The van der Waals surface area contributed by atoms with Gasteiger partial charge in [-0.2, -0.15) is 0 Å². The molecule has 0 radical (unpaired) electrons. The van der Waals surface area contributed by atoms with Gasteiger partial charge in [0.2, 0.25) is 0 Å². The summed E-state index contributed by atoms with van der Waals surface area (Å²) in [6, 6.07) is 21.5. The molecule has 0 aliphatic carbocycles. The van der Waals surface area contributed by atoms with Crippen LogP contribution >= 0.6 is 0 Å². The molecular formula is C27H27N5O3. The maximum Gasteiger partial charge on any atom is 0.407 e. The Morgan fingerprint density at radius 1 is 1.06 bits per heavy atom. The van der Waals surface area contributed by atoms with Crippen molar-refractivity contribution < 1.29 is 14.7 Å². The van der Waals surface area contributed by atoms with Gasteiger partial charge in [0, 0.05) is 29.3 Å². The number of nitrogens with one attached hydrogen (secondary N) is 1. The molecule has 8 nitrogen and oxygen atoms in total. The van der Waals surface area contributed by atoms with Gasteiger partial charge in [0.25, 0.3) is 0 Å². The summed E-state index contributed by atoms with van der Waals surface area (Å²) in [4.78, 5) is 21.2. The van der Waals surface area contributed by atoms with Gasteiger partial charge in [0.1, 0.15) is 11.3 Å². The number of alkyl carbamates (subject to hydrolysis) is 1. The largest absolute Gasteiger partial charge is 0.444 e. The molecule has 8 heteroatoms. The number of carbonyl (C=O) groups is 1. The summed E-state index contributed by atoms with van der Waals surface area (Å²) in [5.74, 6) is -0.0778. The van der Waals surface area contributed by atoms with E-state index in [-0.39, 0.29) is 5.84 Å². The van der Waals surface area contributed by atoms with Gasteiger partial charge in [0.15, 0.2) is 5.84 Å². The van der Waals surface area contributed by atoms with Crippen LogP contribution in [0.3, 0.4) is 0 Å². The molecule has 0 saturated carbocycles. The summed E-state index contributed by atoms with van der Waals surface area (Å²) < 4.78 is 5.29. The molecule has 35 heavy (non-hydrogen) atoms. The van der Waals surface area contributed by atoms with Crippen molar-refractivity contribution in [2.75, 3.05) is 0 Å². The highest BCUT2D eigenvalue weighted by Crippen LogP contribution is 2.34. The molecule has 0 atom stereocenters. The summed E-state index contributed by atoms with van der Waals surface area (Å²) >= 11 is 0. The molecule has 0 spiro atoms. The van der Waals surface area contributed by atoms with Gasteiger partial charge in [-0.15, -0.1) is 0 Å². The Morgan fingerprint density at radius 2 is 1.77 bits per heavy atom. The van der Waals surface area contributed by atoms with Crippen LogP contribution in [0.2, 0.25) is 0 Å². The van der Waals surface area contributed by atoms with Crippen LogP contribution in [0.15, 0.2) is 78.1 Å². The third-order valence-electron chi connectivity index (χ3n) is 5.24. The molecule has 4 aromatic rings. The zero-order valence-corrected chi connectivity index (χ0v) is 19.8. The fourth-order valence-corrected chi connectivity index (χ4v) is 3.67. The number of amides is 1. The number of benzene rings is 2. The Morgan fingerprint density at radius 3 is 2.43 bits per heavy atom. The first kappa shape index (κ1) is 23.7. The molecule has 178 valence electrons. The lowest BCUT2D eigenvalue weighted by molar-refractivity contribution is 0.0523. The molecular weight excluding hydrogens is 442 g/mol. The van der Waals surface area contributed by atoms with Crippen molar-refractivity contribution in [3.63, 3.8) is 0 Å². The molecule has 0 aliphatic heterocycles. The second kappa shape index (κ2) is 9.80. The zero-order valence-electron chi connectivity index (χ0n) is 19.8. The van der Waals surface area contributed by atoms with E-state index in [0.717, 1.165) is 27.9 Å². The van der Waals surface area contributed by atoms with Gasteiger partial charge in [0.05, 0.1) is 11.2 Å². The first-order valence-corrected chi connectivity index (χ1v) is 11.1. The lowest BCUT2D eigenvalue weighted by atomic mass is 9.96. The maximum absolute atomic E-state index is 12.0. The third-order valence-corrected chi connectivity index (χ3v) is 5.24. The standard InChI is InChI=1S/C27H27N5O3/c1-27(2,3)35-26(33)30-16-17-9-11-19(12-10-17)23-20(18-7-5-4-6-8-18)15-21-22(31-23)13-14-29-24(21)25(28)32-34/h4-15,34H,16H2,1-3H3,(H2,28,32)(H,30,33). The van der Waals surface area contributed by atoms with Crippen molar-refractivity contribution in [3.05, 3.63) is 84.2 Å². The quantitative estimate of drug-likeness (QED) is 0.162. The number of carbonyl (C=O) groups excluding carboxylic acids is 1. The van der Waals surface area contributed by atoms with Gasteiger partial charge in [-0.25, -0.2) is 9.78 Å². The molecule has 0 saturated heterocycles. The van der Waals surface area contributed by atoms with Crippen LogP contribution in [-0.2, 0) is 11.3 Å². The van der Waals surface area contributed by atoms with Crippen molar-refractivity contribution in [1.29, 1.82) is 0 Å². The number of nitrogens with two attached hydrogens (primary N) is 1. The zero-order chi connectivity index (χ0) is 25.0. The highest BCUT2D eigenvalue weighted by atomic mass is 16.6. The number of fused-ring (bicyclic) bond motifs is 1. The summed E-state index contributed by atoms with van der Waals surface area (Å²) in [7, 11) is 0. The van der Waals surface area contributed by atoms with Crippen molar-refractivity contribution in [1.82, 2.24) is 15.3 Å². The van der Waals surface area contributed by atoms with Gasteiger partial charge in [-0.05, 0) is 44.0 Å². The fraction of sp³-hybridized carbons (Fsp3) is 0.185. The lowest BCUT2D eigenvalue weighted by Gasteiger charge is -2.19. The van der Waals surface area contributed by atoms with Gasteiger partial charge < -0.3 is 21.0 Å². The van der Waals surface area contributed by atoms with Crippen LogP contribution in [0.5, 0.6) is 0 Å². The monoisotopic (exact) mass is 469 g/mol. The number of rotatable bonds is 5. The summed E-state index contributed by atoms with van der Waals surface area (Å²) in [5, 5.41) is 15.8. The topological polar surface area (TPSA) is 123 Å². The second-order valence-electron chi connectivity index (χ2n) is 9.01. The smallest absolute Gasteiger partial charge is 0.407 e. The number of ether oxygens (including phenoxy) is 1. The predicted octanol–water partition coefficient (Wildman–Crippen LogP) is 5.08. The van der Waals surface area contributed by atoms with Gasteiger partial charge in [-0.1, -0.05) is 59.8 Å². The number of hydrogen-bond acceptors (Lipinski definition) is 6. The van der Waals surface area contributed by atoms with Crippen LogP contribution in [0, 0.1) is 0 Å². The third kappa shape index (κ3) is 5.55. The second-order valence-corrected chi connectivity index (χ2v) is 9.01. The van der Waals surface area contributed by atoms with E-state index in [9.17, 15) is 10.0 Å². The van der Waals surface area contributed by atoms with Crippen LogP contribution in [-0.4, -0.2) is 32.7 Å². The number of aromatic nitrogens is 2. The summed E-state index contributed by atoms with van der Waals surface area (Å²) in [6.07, 6.45) is 1.12. The number of nitrogens with zero attached hydrogens (tertiary/aromatic N) is 3. The summed E-state index contributed by atoms with van der Waals surface area (Å²) in [5.41, 5.74) is 10.8. The van der Waals surface area contributed by atoms with E-state index in [1.807, 2.05) is 81.4 Å². The fourth-order valence-electron chi connectivity index (χ4n) is 3.67. The Bertz CT molecular complexity index is 1380. The van der Waals surface area contributed by atoms with Crippen molar-refractivity contribution in [2.24, 2.45) is 10.9 Å². The molecule has 1 amide bonds. The molecule has 4 N–H and O–H groups in total. The predicted molar refractivity (Wildman–Crippen MR) is 136 cm³/mol. The highest BCUT2D eigenvalue weighted by Gasteiger charge is 2.17. The first-order valence-electron chi connectivity index (χ1n) is 11.1. The molecule has 0 bridgehead atoms. The van der Waals surface area contributed by atoms with Crippen LogP contribution in [0.25, 0.3) is 33.3 Å². The van der Waals surface area contributed by atoms with E-state index >= 15 is 0 Å². The number of amidine groups is 1. The number of hydrogen-bond donors (Lipinski definition) is 3. The van der Waals surface area contributed by atoms with Crippen LogP contribution in [0.4, 0.5) is 4.79 Å². The van der Waals surface area contributed by atoms with Gasteiger partial charge >= 0.3 is 6.09 Å². The average Bonchev–Trinajstić information content (AvgIpc) is 2.85. The minimum Gasteiger partial charge on any atom is -0.444 e. The van der Waals surface area contributed by atoms with E-state index in [4.69, 9.17) is 15.5 Å². The van der Waals surface area contributed by atoms with E-state index in [2.05, 4.69) is 15.5 Å². The minimum absolute atomic E-state index is 0.0778. The van der Waals surface area contributed by atoms with E-state index in [1.165, 1.54) is 0 Å². The normalized spacial score (nSPS) is 11.9. The number of pyridine rings is 2. The van der Waals surface area contributed by atoms with Crippen LogP contribution < -0.4 is 11.1 Å². The van der Waals surface area contributed by atoms with E-state index in [0.29, 0.717) is 23.1 Å². The Labute approximate surface area is 203 Å². The Kier molecular flexibility index (Phi) is 6.64. The van der Waals surface area contributed by atoms with E-state index < -0.39 is 11.7 Å². The highest BCUT2D eigenvalue weighted by molar-refractivity contribution is 6.07. The molecule has 2 aromatic carbocycles. The Hall–Kier alpha value is -4.46. The average molecular weight is 470 g/mol. The van der Waals surface area contributed by atoms with Crippen molar-refractivity contribution in [2.45, 2.75) is 32.9 Å². The number of oxime groups is 1. The van der Waals surface area contributed by atoms with Crippen LogP contribution in [0.1, 0.15) is 32.0 Å². The molecule has 2 heterocycles. The lowest BCUT2D eigenvalue weighted by Crippen LogP contribution is -2.32. The SMILES string of the molecule is CC(C)(C)OC(=O)NCc1ccc(-c2nc3ccnc(/C(N)=N/O)c3cc2-c2ccccc2)cc1. The minimum atomic E-state index is -0.549. The molecule has 4 rings (SSSR count). The molecule has 2 aromatic heterocycles. The van der Waals surface area contributed by atoms with E-state index in [1.54, 1.807) is 12.3 Å². The molecule has 0 unspecified atom stereocenters. The van der Waals surface area contributed by atoms with Gasteiger partial charge in [-0.3, -0.25) is 4.98 Å². The Balaban J connectivity index is 1.72. The van der Waals surface area contributed by atoms with Crippen molar-refractivity contribution in [3.8, 4) is 22.4 Å². The molecule has 0 fully saturated rings. The summed E-state index contributed by atoms with van der Waals surface area (Å²) in [6.45, 7) is 5.82. The maximum atomic E-state index is 12.0.